The molecule has 168 valence electrons. The smallest absolute Gasteiger partial charge is 0.345 e. The fraction of sp³-hybridized carbons (Fsp3) is 0.400. The molecule has 0 aliphatic heterocycles. The Morgan fingerprint density at radius 1 is 0.613 bits per heavy atom. The van der Waals surface area contributed by atoms with Gasteiger partial charge in [-0.3, -0.25) is 4.79 Å². The molecule has 1 unspecified atom stereocenters. The molecule has 0 aromatic heterocycles. The molecule has 0 N–H and O–H groups in total. The highest BCUT2D eigenvalue weighted by Crippen LogP contribution is 2.53. The van der Waals surface area contributed by atoms with Gasteiger partial charge in [-0.2, -0.15) is 0 Å². The third-order valence-electron chi connectivity index (χ3n) is 4.73. The molecule has 11 heteroatoms. The summed E-state index contributed by atoms with van der Waals surface area (Å²) in [6, 6.07) is 0. The molecular formula is C20H22O11. The van der Waals surface area contributed by atoms with Crippen molar-refractivity contribution in [1.29, 1.82) is 0 Å². The van der Waals surface area contributed by atoms with Crippen molar-refractivity contribution in [2.45, 2.75) is 5.92 Å². The van der Waals surface area contributed by atoms with Gasteiger partial charge in [0.2, 0.25) is 0 Å². The molecule has 1 aliphatic rings. The van der Waals surface area contributed by atoms with Gasteiger partial charge in [0, 0.05) is 11.1 Å². The molecule has 1 aromatic rings. The van der Waals surface area contributed by atoms with E-state index in [9.17, 15) is 19.2 Å². The quantitative estimate of drug-likeness (QED) is 0.447. The number of ether oxygens (including phenoxy) is 7. The summed E-state index contributed by atoms with van der Waals surface area (Å²) >= 11 is 0. The maximum absolute atomic E-state index is 12.8. The molecule has 0 heterocycles. The van der Waals surface area contributed by atoms with Gasteiger partial charge < -0.3 is 33.2 Å². The van der Waals surface area contributed by atoms with Crippen LogP contribution in [0.3, 0.4) is 0 Å². The highest BCUT2D eigenvalue weighted by molar-refractivity contribution is 6.25. The van der Waals surface area contributed by atoms with Gasteiger partial charge in [-0.1, -0.05) is 0 Å². The zero-order chi connectivity index (χ0) is 23.5. The van der Waals surface area contributed by atoms with Crippen LogP contribution in [0.4, 0.5) is 0 Å². The normalized spacial score (nSPS) is 14.4. The number of benzene rings is 1. The Hall–Kier alpha value is -3.76. The first kappa shape index (κ1) is 23.5. The van der Waals surface area contributed by atoms with Crippen molar-refractivity contribution in [3.63, 3.8) is 0 Å². The van der Waals surface area contributed by atoms with Crippen LogP contribution in [-0.4, -0.2) is 73.6 Å². The van der Waals surface area contributed by atoms with Gasteiger partial charge in [-0.25, -0.2) is 14.4 Å². The van der Waals surface area contributed by atoms with Crippen molar-refractivity contribution in [2.75, 3.05) is 49.8 Å². The van der Waals surface area contributed by atoms with Crippen molar-refractivity contribution in [3.05, 3.63) is 28.0 Å². The van der Waals surface area contributed by atoms with E-state index in [1.165, 1.54) is 21.3 Å². The second-order valence-electron chi connectivity index (χ2n) is 5.98. The lowest BCUT2D eigenvalue weighted by atomic mass is 9.90. The molecule has 1 aromatic carbocycles. The molecule has 0 spiro atoms. The van der Waals surface area contributed by atoms with Crippen molar-refractivity contribution in [3.8, 4) is 11.5 Å². The van der Waals surface area contributed by atoms with Gasteiger partial charge in [0.1, 0.15) is 34.1 Å². The second-order valence-corrected chi connectivity index (χ2v) is 5.98. The minimum Gasteiger partial charge on any atom is -0.499 e. The number of carbonyl (C=O) groups excluding carboxylic acids is 4. The number of esters is 4. The van der Waals surface area contributed by atoms with Crippen LogP contribution in [0, 0.1) is 0 Å². The SMILES string of the molecule is COC(=O)C1=C(OC)C(C(=O)OC)c2c(OC)c(C(=O)OC)c(OC)c(C(=O)OC)c21. The average molecular weight is 438 g/mol. The Balaban J connectivity index is 3.24. The summed E-state index contributed by atoms with van der Waals surface area (Å²) in [5, 5.41) is 0. The zero-order valence-electron chi connectivity index (χ0n) is 18.1. The molecule has 11 nitrogen and oxygen atoms in total. The van der Waals surface area contributed by atoms with Crippen LogP contribution in [-0.2, 0) is 33.3 Å². The van der Waals surface area contributed by atoms with Crippen LogP contribution in [0.2, 0.25) is 0 Å². The fourth-order valence-electron chi connectivity index (χ4n) is 3.53. The summed E-state index contributed by atoms with van der Waals surface area (Å²) in [4.78, 5) is 50.8. The van der Waals surface area contributed by atoms with E-state index in [2.05, 4.69) is 0 Å². The van der Waals surface area contributed by atoms with Crippen LogP contribution in [0.5, 0.6) is 11.5 Å². The lowest BCUT2D eigenvalue weighted by Crippen LogP contribution is -2.20. The molecular weight excluding hydrogens is 416 g/mol. The largest absolute Gasteiger partial charge is 0.499 e. The average Bonchev–Trinajstić information content (AvgIpc) is 3.14. The molecule has 0 saturated heterocycles. The first-order valence-electron chi connectivity index (χ1n) is 8.72. The van der Waals surface area contributed by atoms with Crippen LogP contribution < -0.4 is 9.47 Å². The molecule has 0 saturated carbocycles. The minimum atomic E-state index is -1.35. The molecule has 0 bridgehead atoms. The Labute approximate surface area is 177 Å². The highest BCUT2D eigenvalue weighted by Gasteiger charge is 2.49. The van der Waals surface area contributed by atoms with E-state index in [0.717, 1.165) is 28.4 Å². The van der Waals surface area contributed by atoms with Gasteiger partial charge in [-0.15, -0.1) is 0 Å². The second kappa shape index (κ2) is 9.37. The molecule has 0 fully saturated rings. The highest BCUT2D eigenvalue weighted by atomic mass is 16.5. The third-order valence-corrected chi connectivity index (χ3v) is 4.73. The summed E-state index contributed by atoms with van der Waals surface area (Å²) in [6.45, 7) is 0. The fourth-order valence-corrected chi connectivity index (χ4v) is 3.53. The summed E-state index contributed by atoms with van der Waals surface area (Å²) in [5.41, 5.74) is -0.992. The van der Waals surface area contributed by atoms with Crippen molar-refractivity contribution in [1.82, 2.24) is 0 Å². The van der Waals surface area contributed by atoms with Crippen LogP contribution in [0.25, 0.3) is 5.57 Å². The van der Waals surface area contributed by atoms with Crippen molar-refractivity contribution < 1.29 is 52.3 Å². The Morgan fingerprint density at radius 3 is 1.55 bits per heavy atom. The maximum atomic E-state index is 12.8. The van der Waals surface area contributed by atoms with Gasteiger partial charge in [0.15, 0.2) is 5.75 Å². The van der Waals surface area contributed by atoms with E-state index in [0.29, 0.717) is 0 Å². The standard InChI is InChI=1S/C20H22O11/c1-25-14-9-8(10(17(21)28-4)15(26-2)12(9)19(23)30-6)11(18(22)29-5)16(27-3)13(14)20(24)31-7/h12H,1-7H3. The minimum absolute atomic E-state index is 0.0341. The van der Waals surface area contributed by atoms with Crippen LogP contribution in [0.15, 0.2) is 5.76 Å². The number of hydrogen-bond acceptors (Lipinski definition) is 11. The molecule has 0 amide bonds. The lowest BCUT2D eigenvalue weighted by molar-refractivity contribution is -0.142. The van der Waals surface area contributed by atoms with Crippen LogP contribution in [0.1, 0.15) is 37.8 Å². The van der Waals surface area contributed by atoms with E-state index in [-0.39, 0.29) is 45.1 Å². The van der Waals surface area contributed by atoms with Gasteiger partial charge in [0.25, 0.3) is 0 Å². The monoisotopic (exact) mass is 438 g/mol. The van der Waals surface area contributed by atoms with Gasteiger partial charge in [-0.05, 0) is 0 Å². The Morgan fingerprint density at radius 2 is 1.13 bits per heavy atom. The molecule has 31 heavy (non-hydrogen) atoms. The van der Waals surface area contributed by atoms with Gasteiger partial charge >= 0.3 is 23.9 Å². The predicted molar refractivity (Wildman–Crippen MR) is 103 cm³/mol. The Kier molecular flexibility index (Phi) is 7.11. The first-order chi connectivity index (χ1) is 14.8. The summed E-state index contributed by atoms with van der Waals surface area (Å²) < 4.78 is 35.5. The predicted octanol–water partition coefficient (Wildman–Crippen LogP) is 1.08. The molecule has 2 rings (SSSR count). The summed E-state index contributed by atoms with van der Waals surface area (Å²) in [6.07, 6.45) is 0. The molecule has 1 atom stereocenters. The Bertz CT molecular complexity index is 974. The molecule has 1 aliphatic carbocycles. The van der Waals surface area contributed by atoms with Crippen LogP contribution >= 0.6 is 0 Å². The van der Waals surface area contributed by atoms with E-state index < -0.39 is 29.8 Å². The maximum Gasteiger partial charge on any atom is 0.345 e. The van der Waals surface area contributed by atoms with E-state index in [4.69, 9.17) is 33.2 Å². The third kappa shape index (κ3) is 3.51. The van der Waals surface area contributed by atoms with E-state index >= 15 is 0 Å². The van der Waals surface area contributed by atoms with Crippen molar-refractivity contribution in [2.24, 2.45) is 0 Å². The summed E-state index contributed by atoms with van der Waals surface area (Å²) in [5.74, 6) is -5.60. The topological polar surface area (TPSA) is 133 Å². The number of fused-ring (bicyclic) bond motifs is 1. The number of rotatable bonds is 7. The van der Waals surface area contributed by atoms with Gasteiger partial charge in [0.05, 0.1) is 49.8 Å². The molecule has 0 radical (unpaired) electrons. The first-order valence-corrected chi connectivity index (χ1v) is 8.72. The zero-order valence-corrected chi connectivity index (χ0v) is 18.1. The van der Waals surface area contributed by atoms with E-state index in [1.807, 2.05) is 0 Å². The summed E-state index contributed by atoms with van der Waals surface area (Å²) in [7, 11) is 8.11. The number of carbonyl (C=O) groups is 4. The van der Waals surface area contributed by atoms with E-state index in [1.54, 1.807) is 0 Å². The lowest BCUT2D eigenvalue weighted by Gasteiger charge is -2.22. The number of hydrogen-bond donors (Lipinski definition) is 0. The van der Waals surface area contributed by atoms with Crippen molar-refractivity contribution >= 4 is 29.5 Å². The number of methoxy groups -OCH3 is 7.